The van der Waals surface area contributed by atoms with E-state index in [1.807, 2.05) is 6.92 Å². The van der Waals surface area contributed by atoms with E-state index in [1.54, 1.807) is 11.0 Å². The van der Waals surface area contributed by atoms with Crippen LogP contribution in [0.5, 0.6) is 0 Å². The van der Waals surface area contributed by atoms with Crippen molar-refractivity contribution in [2.24, 2.45) is 0 Å². The van der Waals surface area contributed by atoms with Crippen LogP contribution in [0.25, 0.3) is 0 Å². The minimum atomic E-state index is -1.10. The second-order valence-electron chi connectivity index (χ2n) is 3.49. The number of urea groups is 1. The molecule has 0 radical (unpaired) electrons. The van der Waals surface area contributed by atoms with E-state index < -0.39 is 5.97 Å². The summed E-state index contributed by atoms with van der Waals surface area (Å²) < 4.78 is 0. The van der Waals surface area contributed by atoms with Gasteiger partial charge >= 0.3 is 12.0 Å². The molecule has 0 saturated carbocycles. The van der Waals surface area contributed by atoms with E-state index in [9.17, 15) is 9.59 Å². The second kappa shape index (κ2) is 6.39. The first kappa shape index (κ1) is 13.7. The number of aromatic nitrogens is 1. The van der Waals surface area contributed by atoms with Gasteiger partial charge in [0.2, 0.25) is 0 Å². The summed E-state index contributed by atoms with van der Waals surface area (Å²) in [5.74, 6) is -1.10. The molecular weight excluding hydrogens is 234 g/mol. The van der Waals surface area contributed by atoms with Crippen LogP contribution in [0.1, 0.15) is 17.4 Å². The van der Waals surface area contributed by atoms with Crippen molar-refractivity contribution >= 4 is 17.7 Å². The fourth-order valence-corrected chi connectivity index (χ4v) is 1.31. The van der Waals surface area contributed by atoms with Gasteiger partial charge in [-0.15, -0.1) is 6.58 Å². The number of hydrogen-bond acceptors (Lipinski definition) is 3. The fourth-order valence-electron chi connectivity index (χ4n) is 1.31. The lowest BCUT2D eigenvalue weighted by atomic mass is 10.3. The molecule has 0 aliphatic carbocycles. The molecule has 6 heteroatoms. The maximum atomic E-state index is 11.8. The standard InChI is InChI=1S/C12H15N3O3/c1-3-7-15(4-2)12(18)14-9-5-6-10(11(16)17)13-8-9/h3,5-6,8H,1,4,7H2,2H3,(H,14,18)(H,16,17). The van der Waals surface area contributed by atoms with Gasteiger partial charge in [0.15, 0.2) is 0 Å². The van der Waals surface area contributed by atoms with Crippen molar-refractivity contribution in [3.8, 4) is 0 Å². The van der Waals surface area contributed by atoms with E-state index in [0.717, 1.165) is 0 Å². The summed E-state index contributed by atoms with van der Waals surface area (Å²) in [4.78, 5) is 27.6. The monoisotopic (exact) mass is 249 g/mol. The summed E-state index contributed by atoms with van der Waals surface area (Å²) in [5.41, 5.74) is 0.388. The number of anilines is 1. The molecule has 0 atom stereocenters. The quantitative estimate of drug-likeness (QED) is 0.780. The first-order chi connectivity index (χ1) is 8.58. The van der Waals surface area contributed by atoms with Crippen LogP contribution < -0.4 is 5.32 Å². The first-order valence-electron chi connectivity index (χ1n) is 5.44. The number of rotatable bonds is 5. The number of likely N-dealkylation sites (N-methyl/N-ethyl adjacent to an activating group) is 1. The molecule has 0 bridgehead atoms. The molecule has 1 rings (SSSR count). The maximum Gasteiger partial charge on any atom is 0.354 e. The van der Waals surface area contributed by atoms with Crippen LogP contribution in [0.2, 0.25) is 0 Å². The van der Waals surface area contributed by atoms with Gasteiger partial charge in [0.1, 0.15) is 5.69 Å². The maximum absolute atomic E-state index is 11.8. The van der Waals surface area contributed by atoms with E-state index in [0.29, 0.717) is 18.8 Å². The highest BCUT2D eigenvalue weighted by atomic mass is 16.4. The van der Waals surface area contributed by atoms with Crippen LogP contribution in [0.3, 0.4) is 0 Å². The molecule has 1 aromatic heterocycles. The summed E-state index contributed by atoms with van der Waals surface area (Å²) in [5, 5.41) is 11.3. The Morgan fingerprint density at radius 1 is 1.56 bits per heavy atom. The summed E-state index contributed by atoms with van der Waals surface area (Å²) in [6, 6.07) is 2.56. The number of hydrogen-bond donors (Lipinski definition) is 2. The minimum Gasteiger partial charge on any atom is -0.477 e. The number of pyridine rings is 1. The van der Waals surface area contributed by atoms with Crippen molar-refractivity contribution in [1.29, 1.82) is 0 Å². The smallest absolute Gasteiger partial charge is 0.354 e. The Balaban J connectivity index is 2.69. The van der Waals surface area contributed by atoms with E-state index in [2.05, 4.69) is 16.9 Å². The van der Waals surface area contributed by atoms with Crippen LogP contribution >= 0.6 is 0 Å². The van der Waals surface area contributed by atoms with E-state index in [1.165, 1.54) is 18.3 Å². The van der Waals surface area contributed by atoms with E-state index in [-0.39, 0.29) is 11.7 Å². The van der Waals surface area contributed by atoms with Crippen molar-refractivity contribution in [2.75, 3.05) is 18.4 Å². The Bertz CT molecular complexity index is 442. The van der Waals surface area contributed by atoms with Crippen molar-refractivity contribution in [3.63, 3.8) is 0 Å². The summed E-state index contributed by atoms with van der Waals surface area (Å²) >= 11 is 0. The molecule has 0 saturated heterocycles. The molecule has 0 aromatic carbocycles. The van der Waals surface area contributed by atoms with Crippen LogP contribution in [-0.2, 0) is 0 Å². The van der Waals surface area contributed by atoms with E-state index >= 15 is 0 Å². The van der Waals surface area contributed by atoms with Crippen LogP contribution in [-0.4, -0.2) is 40.1 Å². The molecule has 2 N–H and O–H groups in total. The SMILES string of the molecule is C=CCN(CC)C(=O)Nc1ccc(C(=O)O)nc1. The average Bonchev–Trinajstić information content (AvgIpc) is 2.36. The van der Waals surface area contributed by atoms with Crippen LogP contribution in [0.4, 0.5) is 10.5 Å². The van der Waals surface area contributed by atoms with Gasteiger partial charge in [-0.05, 0) is 19.1 Å². The Labute approximate surface area is 105 Å². The molecule has 0 spiro atoms. The zero-order valence-corrected chi connectivity index (χ0v) is 10.1. The topological polar surface area (TPSA) is 82.5 Å². The molecule has 1 heterocycles. The molecule has 0 fully saturated rings. The van der Waals surface area contributed by atoms with Crippen molar-refractivity contribution in [1.82, 2.24) is 9.88 Å². The minimum absolute atomic E-state index is 0.0635. The largest absolute Gasteiger partial charge is 0.477 e. The number of aromatic carboxylic acids is 1. The number of amides is 2. The molecular formula is C12H15N3O3. The number of carboxylic acid groups (broad SMARTS) is 1. The lowest BCUT2D eigenvalue weighted by Crippen LogP contribution is -2.34. The average molecular weight is 249 g/mol. The second-order valence-corrected chi connectivity index (χ2v) is 3.49. The predicted octanol–water partition coefficient (Wildman–Crippen LogP) is 1.82. The van der Waals surface area contributed by atoms with Gasteiger partial charge < -0.3 is 15.3 Å². The number of carboxylic acids is 1. The Morgan fingerprint density at radius 2 is 2.28 bits per heavy atom. The highest BCUT2D eigenvalue weighted by molar-refractivity contribution is 5.90. The molecule has 1 aromatic rings. The Morgan fingerprint density at radius 3 is 2.72 bits per heavy atom. The normalized spacial score (nSPS) is 9.61. The lowest BCUT2D eigenvalue weighted by Gasteiger charge is -2.19. The molecule has 0 unspecified atom stereocenters. The third-order valence-corrected chi connectivity index (χ3v) is 2.25. The highest BCUT2D eigenvalue weighted by Crippen LogP contribution is 2.07. The Kier molecular flexibility index (Phi) is 4.86. The van der Waals surface area contributed by atoms with Gasteiger partial charge in [0, 0.05) is 13.1 Å². The summed E-state index contributed by atoms with van der Waals surface area (Å²) in [7, 11) is 0. The van der Waals surface area contributed by atoms with Gasteiger partial charge in [-0.2, -0.15) is 0 Å². The number of nitrogens with one attached hydrogen (secondary N) is 1. The van der Waals surface area contributed by atoms with Crippen molar-refractivity contribution in [2.45, 2.75) is 6.92 Å². The van der Waals surface area contributed by atoms with Gasteiger partial charge in [0.05, 0.1) is 11.9 Å². The van der Waals surface area contributed by atoms with Crippen LogP contribution in [0.15, 0.2) is 31.0 Å². The van der Waals surface area contributed by atoms with Crippen LogP contribution in [0, 0.1) is 0 Å². The number of carbonyl (C=O) groups excluding carboxylic acids is 1. The van der Waals surface area contributed by atoms with Gasteiger partial charge in [-0.25, -0.2) is 14.6 Å². The zero-order valence-electron chi connectivity index (χ0n) is 10.1. The third kappa shape index (κ3) is 3.58. The fraction of sp³-hybridized carbons (Fsp3) is 0.250. The summed E-state index contributed by atoms with van der Waals surface area (Å²) in [6.07, 6.45) is 2.94. The molecule has 6 nitrogen and oxygen atoms in total. The zero-order chi connectivity index (χ0) is 13.5. The van der Waals surface area contributed by atoms with Crippen molar-refractivity contribution < 1.29 is 14.7 Å². The van der Waals surface area contributed by atoms with Gasteiger partial charge in [0.25, 0.3) is 0 Å². The number of carbonyl (C=O) groups is 2. The number of nitrogens with zero attached hydrogens (tertiary/aromatic N) is 2. The third-order valence-electron chi connectivity index (χ3n) is 2.25. The molecule has 0 aliphatic rings. The van der Waals surface area contributed by atoms with Gasteiger partial charge in [-0.3, -0.25) is 0 Å². The first-order valence-corrected chi connectivity index (χ1v) is 5.44. The highest BCUT2D eigenvalue weighted by Gasteiger charge is 2.10. The molecule has 96 valence electrons. The summed E-state index contributed by atoms with van der Waals surface area (Å²) in [6.45, 7) is 6.43. The van der Waals surface area contributed by atoms with Gasteiger partial charge in [-0.1, -0.05) is 6.08 Å². The molecule has 0 aliphatic heterocycles. The predicted molar refractivity (Wildman–Crippen MR) is 67.7 cm³/mol. The van der Waals surface area contributed by atoms with Crippen molar-refractivity contribution in [3.05, 3.63) is 36.7 Å². The molecule has 18 heavy (non-hydrogen) atoms. The lowest BCUT2D eigenvalue weighted by molar-refractivity contribution is 0.0690. The Hall–Kier alpha value is -2.37. The van der Waals surface area contributed by atoms with E-state index in [4.69, 9.17) is 5.11 Å². The molecule has 2 amide bonds.